The number of benzene rings is 2. The minimum Gasteiger partial charge on any atom is -0.326 e. The molecule has 7 nitrogen and oxygen atoms in total. The fourth-order valence-corrected chi connectivity index (χ4v) is 4.74. The Morgan fingerprint density at radius 3 is 2.47 bits per heavy atom. The summed E-state index contributed by atoms with van der Waals surface area (Å²) in [6, 6.07) is 13.6. The van der Waals surface area contributed by atoms with Crippen LogP contribution < -0.4 is 5.32 Å². The van der Waals surface area contributed by atoms with Crippen LogP contribution in [0.15, 0.2) is 48.5 Å². The molecule has 0 spiro atoms. The van der Waals surface area contributed by atoms with Crippen LogP contribution in [0.5, 0.6) is 0 Å². The molecule has 3 aromatic rings. The van der Waals surface area contributed by atoms with E-state index in [1.165, 1.54) is 9.47 Å². The van der Waals surface area contributed by atoms with Gasteiger partial charge in [0.2, 0.25) is 11.8 Å². The van der Waals surface area contributed by atoms with Crippen molar-refractivity contribution in [1.82, 2.24) is 19.8 Å². The Morgan fingerprint density at radius 2 is 1.79 bits per heavy atom. The third kappa shape index (κ3) is 3.57. The molecule has 1 fully saturated rings. The number of carbonyl (C=O) groups is 3. The average molecular weight is 464 g/mol. The molecule has 1 saturated heterocycles. The Balaban J connectivity index is 1.56. The zero-order valence-corrected chi connectivity index (χ0v) is 18.6. The Kier molecular flexibility index (Phi) is 5.07. The first-order valence-corrected chi connectivity index (χ1v) is 10.9. The lowest BCUT2D eigenvalue weighted by Crippen LogP contribution is -2.52. The maximum atomic E-state index is 14.3. The summed E-state index contributed by atoms with van der Waals surface area (Å²) in [4.78, 5) is 42.6. The molecule has 174 valence electrons. The monoisotopic (exact) mass is 464 g/mol. The molecule has 0 bridgehead atoms. The number of hydrogen-bond acceptors (Lipinski definition) is 4. The summed E-state index contributed by atoms with van der Waals surface area (Å²) in [6.45, 7) is 1.01. The van der Waals surface area contributed by atoms with Gasteiger partial charge in [0.15, 0.2) is 5.82 Å². The number of imidazole rings is 1. The molecule has 3 amide bonds. The van der Waals surface area contributed by atoms with E-state index in [9.17, 15) is 23.2 Å². The Labute approximate surface area is 194 Å². The molecule has 1 aromatic heterocycles. The lowest BCUT2D eigenvalue weighted by atomic mass is 10.0. The van der Waals surface area contributed by atoms with Crippen molar-refractivity contribution in [2.75, 3.05) is 0 Å². The number of imide groups is 1. The number of amides is 3. The number of carbonyl (C=O) groups excluding carboxylic acids is 3. The fraction of sp³-hybridized carbons (Fsp3) is 0.280. The quantitative estimate of drug-likeness (QED) is 0.598. The van der Waals surface area contributed by atoms with Gasteiger partial charge in [0.1, 0.15) is 6.04 Å². The van der Waals surface area contributed by atoms with Gasteiger partial charge in [0.05, 0.1) is 11.4 Å². The Bertz CT molecular complexity index is 1330. The molecule has 9 heteroatoms. The van der Waals surface area contributed by atoms with Crippen molar-refractivity contribution in [2.24, 2.45) is 7.05 Å². The van der Waals surface area contributed by atoms with E-state index in [0.29, 0.717) is 28.1 Å². The summed E-state index contributed by atoms with van der Waals surface area (Å²) < 4.78 is 30.1. The highest BCUT2D eigenvalue weighted by atomic mass is 19.3. The zero-order chi connectivity index (χ0) is 24.2. The molecule has 1 N–H and O–H groups in total. The number of hydrogen-bond donors (Lipinski definition) is 1. The third-order valence-electron chi connectivity index (χ3n) is 6.33. The molecule has 3 heterocycles. The van der Waals surface area contributed by atoms with Crippen LogP contribution in [0, 0.1) is 0 Å². The number of rotatable bonds is 4. The SMILES string of the molecule is Cn1c(C(C)(F)F)nc(-c2ccc3c(c2)CN(C2CCC(=O)NC2=O)C3=O)c1-c1ccccc1. The van der Waals surface area contributed by atoms with E-state index in [4.69, 9.17) is 0 Å². The summed E-state index contributed by atoms with van der Waals surface area (Å²) >= 11 is 0. The van der Waals surface area contributed by atoms with Crippen LogP contribution in [0.25, 0.3) is 22.5 Å². The smallest absolute Gasteiger partial charge is 0.302 e. The van der Waals surface area contributed by atoms with Gasteiger partial charge in [-0.05, 0) is 24.1 Å². The number of nitrogens with one attached hydrogen (secondary N) is 1. The van der Waals surface area contributed by atoms with E-state index in [2.05, 4.69) is 10.3 Å². The van der Waals surface area contributed by atoms with Gasteiger partial charge < -0.3 is 9.47 Å². The predicted octanol–water partition coefficient (Wildman–Crippen LogP) is 3.63. The summed E-state index contributed by atoms with van der Waals surface area (Å²) in [5.41, 5.74) is 3.41. The predicted molar refractivity (Wildman–Crippen MR) is 120 cm³/mol. The van der Waals surface area contributed by atoms with Gasteiger partial charge in [0.25, 0.3) is 5.91 Å². The van der Waals surface area contributed by atoms with Gasteiger partial charge in [-0.3, -0.25) is 19.7 Å². The molecule has 2 aliphatic heterocycles. The minimum atomic E-state index is -3.15. The summed E-state index contributed by atoms with van der Waals surface area (Å²) in [5, 5.41) is 2.28. The summed E-state index contributed by atoms with van der Waals surface area (Å²) in [6.07, 6.45) is 0.439. The van der Waals surface area contributed by atoms with Crippen molar-refractivity contribution in [3.63, 3.8) is 0 Å². The molecule has 34 heavy (non-hydrogen) atoms. The van der Waals surface area contributed by atoms with Crippen LogP contribution in [-0.2, 0) is 29.1 Å². The third-order valence-corrected chi connectivity index (χ3v) is 6.33. The molecular weight excluding hydrogens is 442 g/mol. The number of piperidine rings is 1. The van der Waals surface area contributed by atoms with Gasteiger partial charge in [-0.25, -0.2) is 4.98 Å². The number of nitrogens with zero attached hydrogens (tertiary/aromatic N) is 3. The molecule has 1 atom stereocenters. The van der Waals surface area contributed by atoms with E-state index < -0.39 is 17.9 Å². The van der Waals surface area contributed by atoms with Crippen molar-refractivity contribution in [3.8, 4) is 22.5 Å². The van der Waals surface area contributed by atoms with Crippen LogP contribution in [0.4, 0.5) is 8.78 Å². The summed E-state index contributed by atoms with van der Waals surface area (Å²) in [5.74, 6) is -4.63. The standard InChI is InChI=1S/C25H22F2N4O3/c1-25(26,27)24-29-20(21(30(24)2)14-6-4-3-5-7-14)15-8-9-17-16(12-15)13-31(23(17)34)18-10-11-19(32)28-22(18)33/h3-9,12,18H,10-11,13H2,1-2H3,(H,28,32,33). The van der Waals surface area contributed by atoms with Gasteiger partial charge in [-0.1, -0.05) is 36.4 Å². The van der Waals surface area contributed by atoms with Gasteiger partial charge in [-0.2, -0.15) is 8.78 Å². The van der Waals surface area contributed by atoms with Crippen LogP contribution in [-0.4, -0.2) is 38.2 Å². The maximum Gasteiger partial charge on any atom is 0.302 e. The van der Waals surface area contributed by atoms with E-state index in [1.54, 1.807) is 25.2 Å². The van der Waals surface area contributed by atoms with E-state index in [1.807, 2.05) is 30.3 Å². The van der Waals surface area contributed by atoms with Crippen LogP contribution in [0.2, 0.25) is 0 Å². The average Bonchev–Trinajstić information content (AvgIpc) is 3.31. The van der Waals surface area contributed by atoms with Gasteiger partial charge >= 0.3 is 5.92 Å². The topological polar surface area (TPSA) is 84.3 Å². The largest absolute Gasteiger partial charge is 0.326 e. The lowest BCUT2D eigenvalue weighted by Gasteiger charge is -2.29. The maximum absolute atomic E-state index is 14.3. The summed E-state index contributed by atoms with van der Waals surface area (Å²) in [7, 11) is 1.56. The highest BCUT2D eigenvalue weighted by molar-refractivity contribution is 6.05. The van der Waals surface area contributed by atoms with Crippen molar-refractivity contribution in [2.45, 2.75) is 38.3 Å². The Morgan fingerprint density at radius 1 is 1.06 bits per heavy atom. The number of halogens is 2. The number of fused-ring (bicyclic) bond motifs is 1. The molecule has 1 unspecified atom stereocenters. The van der Waals surface area contributed by atoms with E-state index >= 15 is 0 Å². The first-order valence-electron chi connectivity index (χ1n) is 10.9. The second kappa shape index (κ2) is 7.86. The molecule has 0 aliphatic carbocycles. The molecule has 0 radical (unpaired) electrons. The van der Waals surface area contributed by atoms with Gasteiger partial charge in [-0.15, -0.1) is 0 Å². The lowest BCUT2D eigenvalue weighted by molar-refractivity contribution is -0.136. The molecular formula is C25H22F2N4O3. The van der Waals surface area contributed by atoms with Crippen LogP contribution >= 0.6 is 0 Å². The van der Waals surface area contributed by atoms with E-state index in [-0.39, 0.29) is 37.0 Å². The van der Waals surface area contributed by atoms with E-state index in [0.717, 1.165) is 12.5 Å². The number of alkyl halides is 2. The zero-order valence-electron chi connectivity index (χ0n) is 18.6. The fourth-order valence-electron chi connectivity index (χ4n) is 4.74. The first kappa shape index (κ1) is 21.9. The van der Waals surface area contributed by atoms with Crippen molar-refractivity contribution in [1.29, 1.82) is 0 Å². The molecule has 2 aliphatic rings. The van der Waals surface area contributed by atoms with Gasteiger partial charge in [0, 0.05) is 43.6 Å². The second-order valence-electron chi connectivity index (χ2n) is 8.72. The van der Waals surface area contributed by atoms with Crippen LogP contribution in [0.3, 0.4) is 0 Å². The van der Waals surface area contributed by atoms with Crippen LogP contribution in [0.1, 0.15) is 41.5 Å². The normalized spacial score (nSPS) is 18.3. The molecule has 0 saturated carbocycles. The second-order valence-corrected chi connectivity index (χ2v) is 8.72. The number of aromatic nitrogens is 2. The highest BCUT2D eigenvalue weighted by Crippen LogP contribution is 2.38. The highest BCUT2D eigenvalue weighted by Gasteiger charge is 2.39. The van der Waals surface area contributed by atoms with Crippen molar-refractivity contribution >= 4 is 17.7 Å². The van der Waals surface area contributed by atoms with Crippen molar-refractivity contribution < 1.29 is 23.2 Å². The first-order chi connectivity index (χ1) is 16.1. The minimum absolute atomic E-state index is 0.171. The van der Waals surface area contributed by atoms with Crippen molar-refractivity contribution in [3.05, 3.63) is 65.5 Å². The molecule has 2 aromatic carbocycles. The molecule has 5 rings (SSSR count). The Hall–Kier alpha value is -3.88.